The molecule has 9 rings (SSSR count). The molecule has 0 amide bonds. The van der Waals surface area contributed by atoms with E-state index in [0.29, 0.717) is 0 Å². The fourth-order valence-corrected chi connectivity index (χ4v) is 6.98. The summed E-state index contributed by atoms with van der Waals surface area (Å²) in [7, 11) is 0. The Bertz CT molecular complexity index is 2430. The van der Waals surface area contributed by atoms with Gasteiger partial charge in [0.1, 0.15) is 0 Å². The largest absolute Gasteiger partial charge is 0.354 e. The van der Waals surface area contributed by atoms with Crippen molar-refractivity contribution in [3.8, 4) is 45.0 Å². The highest BCUT2D eigenvalue weighted by Gasteiger charge is 2.20. The molecule has 0 radical (unpaired) electrons. The van der Waals surface area contributed by atoms with Gasteiger partial charge in [-0.3, -0.25) is 19.9 Å². The third-order valence-electron chi connectivity index (χ3n) is 9.44. The third-order valence-corrected chi connectivity index (χ3v) is 9.44. The van der Waals surface area contributed by atoms with Gasteiger partial charge in [0, 0.05) is 47.0 Å². The SMILES string of the molecule is Cc1ccnc(-c2c3nc(c(-c4cc(C)ccn4)c4ccc([nH]4)c(-c4cc(C)ccn4)c4nc(c(-c5cc(C)ccn5)c5ccc2[nH]5)C=C4)C=C3)c1. The minimum atomic E-state index is 0.797. The summed E-state index contributed by atoms with van der Waals surface area (Å²) in [6, 6.07) is 24.8. The van der Waals surface area contributed by atoms with Crippen molar-refractivity contribution >= 4 is 46.4 Å². The van der Waals surface area contributed by atoms with Gasteiger partial charge in [0.2, 0.25) is 0 Å². The highest BCUT2D eigenvalue weighted by Crippen LogP contribution is 2.37. The predicted molar refractivity (Wildman–Crippen MR) is 211 cm³/mol. The zero-order chi connectivity index (χ0) is 35.3. The van der Waals surface area contributed by atoms with Gasteiger partial charge in [0.05, 0.1) is 67.6 Å². The molecule has 8 heteroatoms. The van der Waals surface area contributed by atoms with Crippen LogP contribution >= 0.6 is 0 Å². The second kappa shape index (κ2) is 12.5. The summed E-state index contributed by atoms with van der Waals surface area (Å²) in [5.41, 5.74) is 18.0. The van der Waals surface area contributed by atoms with Crippen molar-refractivity contribution in [1.29, 1.82) is 0 Å². The topological polar surface area (TPSA) is 109 Å². The van der Waals surface area contributed by atoms with Gasteiger partial charge >= 0.3 is 0 Å². The van der Waals surface area contributed by atoms with E-state index >= 15 is 0 Å². The molecule has 2 N–H and O–H groups in total. The Balaban J connectivity index is 1.49. The Hall–Kier alpha value is -6.80. The molecule has 0 saturated heterocycles. The Morgan fingerprint density at radius 3 is 0.827 bits per heavy atom. The first-order valence-corrected chi connectivity index (χ1v) is 17.3. The minimum Gasteiger partial charge on any atom is -0.354 e. The summed E-state index contributed by atoms with van der Waals surface area (Å²) < 4.78 is 0. The molecule has 0 atom stereocenters. The van der Waals surface area contributed by atoms with Crippen molar-refractivity contribution < 1.29 is 0 Å². The summed E-state index contributed by atoms with van der Waals surface area (Å²) in [4.78, 5) is 37.5. The van der Waals surface area contributed by atoms with E-state index < -0.39 is 0 Å². The number of nitrogens with one attached hydrogen (secondary N) is 2. The second-order valence-electron chi connectivity index (χ2n) is 13.4. The summed E-state index contributed by atoms with van der Waals surface area (Å²) in [5.74, 6) is 0. The molecule has 9 heterocycles. The first-order valence-electron chi connectivity index (χ1n) is 17.3. The number of pyridine rings is 4. The standard InChI is InChI=1S/C44H34N8/c1-25-13-17-45-37(21-25)41-29-5-7-31(49-29)42(38-22-26(2)14-18-46-38)33-9-11-35(51-33)44(40-24-28(4)16-20-48-40)36-12-10-34(52-36)43(32-8-6-30(41)50-32)39-23-27(3)15-19-47-39/h5-24,49,52H,1-4H3. The lowest BCUT2D eigenvalue weighted by Gasteiger charge is -2.07. The van der Waals surface area contributed by atoms with Crippen molar-refractivity contribution in [2.75, 3.05) is 0 Å². The van der Waals surface area contributed by atoms with E-state index in [0.717, 1.165) is 112 Å². The molecule has 2 aliphatic heterocycles. The van der Waals surface area contributed by atoms with E-state index in [-0.39, 0.29) is 0 Å². The van der Waals surface area contributed by atoms with Gasteiger partial charge in [-0.05, 0) is 147 Å². The molecule has 0 saturated carbocycles. The van der Waals surface area contributed by atoms with Crippen molar-refractivity contribution in [3.63, 3.8) is 0 Å². The number of aromatic nitrogens is 8. The smallest absolute Gasteiger partial charge is 0.0753 e. The van der Waals surface area contributed by atoms with Gasteiger partial charge in [-0.15, -0.1) is 0 Å². The maximum atomic E-state index is 5.33. The van der Waals surface area contributed by atoms with Crippen LogP contribution in [0.4, 0.5) is 0 Å². The van der Waals surface area contributed by atoms with Crippen LogP contribution in [0.2, 0.25) is 0 Å². The van der Waals surface area contributed by atoms with E-state index in [1.54, 1.807) is 0 Å². The van der Waals surface area contributed by atoms with Crippen LogP contribution in [-0.4, -0.2) is 39.9 Å². The molecular weight excluding hydrogens is 641 g/mol. The normalized spacial score (nSPS) is 12.1. The molecule has 250 valence electrons. The summed E-state index contributed by atoms with van der Waals surface area (Å²) in [5, 5.41) is 0. The van der Waals surface area contributed by atoms with Crippen LogP contribution in [0.15, 0.2) is 97.6 Å². The maximum Gasteiger partial charge on any atom is 0.0753 e. The summed E-state index contributed by atoms with van der Waals surface area (Å²) in [6.45, 7) is 8.31. The number of H-pyrrole nitrogens is 2. The predicted octanol–water partition coefficient (Wildman–Crippen LogP) is 10.1. The van der Waals surface area contributed by atoms with Gasteiger partial charge < -0.3 is 9.97 Å². The number of aryl methyl sites for hydroxylation is 4. The van der Waals surface area contributed by atoms with Gasteiger partial charge in [-0.2, -0.15) is 0 Å². The molecule has 0 spiro atoms. The Labute approximate surface area is 300 Å². The van der Waals surface area contributed by atoms with Crippen LogP contribution in [0.3, 0.4) is 0 Å². The number of nitrogens with zero attached hydrogens (tertiary/aromatic N) is 6. The van der Waals surface area contributed by atoms with E-state index in [9.17, 15) is 0 Å². The van der Waals surface area contributed by atoms with E-state index in [1.807, 2.05) is 49.1 Å². The van der Waals surface area contributed by atoms with Crippen molar-refractivity contribution in [2.45, 2.75) is 27.7 Å². The van der Waals surface area contributed by atoms with Crippen LogP contribution < -0.4 is 0 Å². The fourth-order valence-electron chi connectivity index (χ4n) is 6.98. The Kier molecular flexibility index (Phi) is 7.51. The molecule has 7 aromatic heterocycles. The molecule has 0 aliphatic carbocycles. The third kappa shape index (κ3) is 5.60. The molecule has 2 aliphatic rings. The van der Waals surface area contributed by atoms with Crippen molar-refractivity contribution in [3.05, 3.63) is 143 Å². The Morgan fingerprint density at radius 2 is 0.596 bits per heavy atom. The van der Waals surface area contributed by atoms with Crippen molar-refractivity contribution in [2.24, 2.45) is 0 Å². The van der Waals surface area contributed by atoms with Gasteiger partial charge in [0.15, 0.2) is 0 Å². The van der Waals surface area contributed by atoms with Gasteiger partial charge in [-0.1, -0.05) is 0 Å². The van der Waals surface area contributed by atoms with Crippen LogP contribution in [0.1, 0.15) is 45.0 Å². The van der Waals surface area contributed by atoms with Crippen LogP contribution in [0.25, 0.3) is 91.4 Å². The number of rotatable bonds is 4. The lowest BCUT2D eigenvalue weighted by Crippen LogP contribution is -1.93. The lowest BCUT2D eigenvalue weighted by atomic mass is 10.1. The molecule has 52 heavy (non-hydrogen) atoms. The highest BCUT2D eigenvalue weighted by molar-refractivity contribution is 5.98. The number of aromatic amines is 2. The van der Waals surface area contributed by atoms with Crippen LogP contribution in [-0.2, 0) is 0 Å². The van der Waals surface area contributed by atoms with E-state index in [2.05, 4.69) is 110 Å². The molecule has 0 aromatic carbocycles. The zero-order valence-electron chi connectivity index (χ0n) is 29.2. The zero-order valence-corrected chi connectivity index (χ0v) is 29.2. The molecule has 0 unspecified atom stereocenters. The monoisotopic (exact) mass is 674 g/mol. The molecule has 7 aromatic rings. The fraction of sp³-hybridized carbons (Fsp3) is 0.0909. The summed E-state index contributed by atoms with van der Waals surface area (Å²) in [6.07, 6.45) is 15.7. The van der Waals surface area contributed by atoms with Gasteiger partial charge in [0.25, 0.3) is 0 Å². The average molecular weight is 675 g/mol. The molecular formula is C44H34N8. The average Bonchev–Trinajstić information content (AvgIpc) is 3.96. The van der Waals surface area contributed by atoms with E-state index in [1.165, 1.54) is 0 Å². The molecule has 0 fully saturated rings. The lowest BCUT2D eigenvalue weighted by molar-refractivity contribution is 1.24. The van der Waals surface area contributed by atoms with Crippen LogP contribution in [0.5, 0.6) is 0 Å². The maximum absolute atomic E-state index is 5.33. The minimum absolute atomic E-state index is 0.797. The van der Waals surface area contributed by atoms with Gasteiger partial charge in [-0.25, -0.2) is 9.97 Å². The first-order chi connectivity index (χ1) is 25.4. The number of fused-ring (bicyclic) bond motifs is 8. The van der Waals surface area contributed by atoms with E-state index in [4.69, 9.17) is 29.9 Å². The Morgan fingerprint density at radius 1 is 0.346 bits per heavy atom. The summed E-state index contributed by atoms with van der Waals surface area (Å²) >= 11 is 0. The first kappa shape index (κ1) is 31.2. The molecule has 8 bridgehead atoms. The van der Waals surface area contributed by atoms with Crippen molar-refractivity contribution in [1.82, 2.24) is 39.9 Å². The van der Waals surface area contributed by atoms with Crippen LogP contribution in [0, 0.1) is 27.7 Å². The quantitative estimate of drug-likeness (QED) is 0.192. The number of hydrogen-bond donors (Lipinski definition) is 2. The number of hydrogen-bond acceptors (Lipinski definition) is 6. The molecule has 8 nitrogen and oxygen atoms in total. The second-order valence-corrected chi connectivity index (χ2v) is 13.4. The highest BCUT2D eigenvalue weighted by atomic mass is 14.8.